The topological polar surface area (TPSA) is 78.4 Å². The lowest BCUT2D eigenvalue weighted by Gasteiger charge is -2.44. The summed E-state index contributed by atoms with van der Waals surface area (Å²) in [4.78, 5) is 39.6. The van der Waals surface area contributed by atoms with E-state index in [4.69, 9.17) is 0 Å². The van der Waals surface area contributed by atoms with Crippen molar-refractivity contribution in [3.05, 3.63) is 96.4 Å². The van der Waals surface area contributed by atoms with Gasteiger partial charge in [-0.15, -0.1) is 0 Å². The minimum atomic E-state index is -0.112. The van der Waals surface area contributed by atoms with Crippen molar-refractivity contribution in [1.29, 1.82) is 0 Å². The fraction of sp³-hybridized carbons (Fsp3) is 0.214. The zero-order valence-electron chi connectivity index (χ0n) is 20.2. The average Bonchev–Trinajstić information content (AvgIpc) is 2.91. The third kappa shape index (κ3) is 4.90. The van der Waals surface area contributed by atoms with E-state index >= 15 is 0 Å². The van der Waals surface area contributed by atoms with Gasteiger partial charge in [0.05, 0.1) is 10.4 Å². The third-order valence-electron chi connectivity index (χ3n) is 6.33. The molecular weight excluding hydrogens is 470 g/mol. The van der Waals surface area contributed by atoms with Crippen LogP contribution in [0, 0.1) is 0 Å². The highest BCUT2D eigenvalue weighted by molar-refractivity contribution is 8.00. The Labute approximate surface area is 214 Å². The van der Waals surface area contributed by atoms with Crippen LogP contribution in [0.3, 0.4) is 0 Å². The highest BCUT2D eigenvalue weighted by Gasteiger charge is 2.35. The van der Waals surface area contributed by atoms with Crippen molar-refractivity contribution in [2.45, 2.75) is 30.8 Å². The van der Waals surface area contributed by atoms with Crippen molar-refractivity contribution in [2.75, 3.05) is 17.8 Å². The van der Waals surface area contributed by atoms with E-state index < -0.39 is 0 Å². The van der Waals surface area contributed by atoms with E-state index in [9.17, 15) is 9.59 Å². The molecule has 182 valence electrons. The van der Waals surface area contributed by atoms with Gasteiger partial charge < -0.3 is 14.5 Å². The Morgan fingerprint density at radius 2 is 1.56 bits per heavy atom. The molecule has 1 N–H and O–H groups in total. The van der Waals surface area contributed by atoms with Crippen LogP contribution in [0.15, 0.2) is 90.1 Å². The summed E-state index contributed by atoms with van der Waals surface area (Å²) in [7, 11) is 0. The van der Waals surface area contributed by atoms with Crippen LogP contribution in [0.4, 0.5) is 5.69 Å². The molecule has 1 aliphatic heterocycles. The summed E-state index contributed by atoms with van der Waals surface area (Å²) < 4.78 is 3.35. The number of fused-ring (bicyclic) bond motifs is 1. The maximum absolute atomic E-state index is 13.3. The van der Waals surface area contributed by atoms with Crippen LogP contribution >= 0.6 is 11.9 Å². The van der Waals surface area contributed by atoms with Crippen molar-refractivity contribution < 1.29 is 9.59 Å². The molecule has 5 rings (SSSR count). The molecule has 1 fully saturated rings. The van der Waals surface area contributed by atoms with Gasteiger partial charge >= 0.3 is 0 Å². The van der Waals surface area contributed by atoms with Gasteiger partial charge in [0, 0.05) is 54.2 Å². The summed E-state index contributed by atoms with van der Waals surface area (Å²) in [5.41, 5.74) is 2.91. The summed E-state index contributed by atoms with van der Waals surface area (Å²) in [6, 6.07) is 22.7. The zero-order chi connectivity index (χ0) is 25.1. The van der Waals surface area contributed by atoms with Gasteiger partial charge in [-0.25, -0.2) is 0 Å². The molecule has 7 nitrogen and oxygen atoms in total. The van der Waals surface area contributed by atoms with E-state index in [1.807, 2.05) is 84.3 Å². The van der Waals surface area contributed by atoms with E-state index in [1.165, 1.54) is 11.9 Å². The number of anilines is 1. The van der Waals surface area contributed by atoms with E-state index in [-0.39, 0.29) is 23.9 Å². The minimum Gasteiger partial charge on any atom is -0.335 e. The molecule has 2 unspecified atom stereocenters. The fourth-order valence-electron chi connectivity index (χ4n) is 4.65. The Bertz CT molecular complexity index is 1360. The van der Waals surface area contributed by atoms with Gasteiger partial charge in [-0.2, -0.15) is 0 Å². The van der Waals surface area contributed by atoms with E-state index in [0.29, 0.717) is 24.3 Å². The van der Waals surface area contributed by atoms with E-state index in [1.54, 1.807) is 24.5 Å². The molecule has 2 atom stereocenters. The molecule has 0 saturated carbocycles. The lowest BCUT2D eigenvalue weighted by atomic mass is 10.1. The number of aromatic nitrogens is 2. The molecule has 36 heavy (non-hydrogen) atoms. The van der Waals surface area contributed by atoms with Crippen LogP contribution < -0.4 is 4.72 Å². The molecule has 1 aliphatic rings. The number of rotatable bonds is 5. The number of carbonyl (C=O) groups is 2. The Kier molecular flexibility index (Phi) is 6.86. The first-order valence-corrected chi connectivity index (χ1v) is 12.7. The van der Waals surface area contributed by atoms with Crippen LogP contribution in [0.1, 0.15) is 34.7 Å². The van der Waals surface area contributed by atoms with Gasteiger partial charge in [0.1, 0.15) is 5.69 Å². The number of pyridine rings is 2. The number of carbonyl (C=O) groups excluding carboxylic acids is 2. The normalized spacial score (nSPS) is 17.7. The monoisotopic (exact) mass is 497 g/mol. The second-order valence-corrected chi connectivity index (χ2v) is 9.80. The van der Waals surface area contributed by atoms with Crippen LogP contribution in [-0.2, 0) is 0 Å². The van der Waals surface area contributed by atoms with Crippen LogP contribution in [0.25, 0.3) is 10.9 Å². The van der Waals surface area contributed by atoms with Gasteiger partial charge in [-0.05, 0) is 74.3 Å². The van der Waals surface area contributed by atoms with E-state index in [0.717, 1.165) is 21.5 Å². The molecular formula is C28H27N5O2S. The molecule has 0 aliphatic carbocycles. The van der Waals surface area contributed by atoms with Gasteiger partial charge in [-0.1, -0.05) is 24.3 Å². The van der Waals surface area contributed by atoms with Crippen molar-refractivity contribution in [3.8, 4) is 0 Å². The molecule has 2 aromatic heterocycles. The van der Waals surface area contributed by atoms with Gasteiger partial charge in [0.25, 0.3) is 11.8 Å². The lowest BCUT2D eigenvalue weighted by Crippen LogP contribution is -2.59. The Hall–Kier alpha value is -3.91. The molecule has 4 aromatic rings. The molecule has 2 amide bonds. The summed E-state index contributed by atoms with van der Waals surface area (Å²) in [5, 5.41) is 1.09. The lowest BCUT2D eigenvalue weighted by molar-refractivity contribution is 0.0251. The first-order chi connectivity index (χ1) is 17.5. The first-order valence-electron chi connectivity index (χ1n) is 11.9. The van der Waals surface area contributed by atoms with Crippen molar-refractivity contribution in [2.24, 2.45) is 0 Å². The number of hydrogen-bond acceptors (Lipinski definition) is 6. The van der Waals surface area contributed by atoms with Crippen LogP contribution in [0.5, 0.6) is 0 Å². The predicted octanol–water partition coefficient (Wildman–Crippen LogP) is 5.12. The number of nitrogens with zero attached hydrogens (tertiary/aromatic N) is 4. The fourth-order valence-corrected chi connectivity index (χ4v) is 5.42. The number of para-hydroxylation sites is 1. The standard InChI is InChI=1S/C28H27N5O2S/c1-19-17-32(18-20(2)33(19)28(35)24-9-3-4-15-29-24)27(34)22-11-13-23(14-12-22)31-36-25-10-5-7-21-8-6-16-30-26(21)25/h3-16,19-20,31H,17-18H2,1-2H3. The average molecular weight is 498 g/mol. The number of benzene rings is 2. The number of nitrogens with one attached hydrogen (secondary N) is 1. The third-order valence-corrected chi connectivity index (χ3v) is 7.22. The summed E-state index contributed by atoms with van der Waals surface area (Å²) in [5.74, 6) is -0.131. The summed E-state index contributed by atoms with van der Waals surface area (Å²) in [6.45, 7) is 4.91. The number of hydrogen-bond donors (Lipinski definition) is 1. The maximum atomic E-state index is 13.3. The molecule has 1 saturated heterocycles. The predicted molar refractivity (Wildman–Crippen MR) is 143 cm³/mol. The Balaban J connectivity index is 1.22. The number of amides is 2. The quantitative estimate of drug-likeness (QED) is 0.386. The van der Waals surface area contributed by atoms with Gasteiger partial charge in [0.2, 0.25) is 0 Å². The van der Waals surface area contributed by atoms with Crippen molar-refractivity contribution >= 4 is 40.4 Å². The summed E-state index contributed by atoms with van der Waals surface area (Å²) >= 11 is 1.50. The zero-order valence-corrected chi connectivity index (χ0v) is 21.0. The van der Waals surface area contributed by atoms with Crippen molar-refractivity contribution in [3.63, 3.8) is 0 Å². The highest BCUT2D eigenvalue weighted by atomic mass is 32.2. The van der Waals surface area contributed by atoms with Gasteiger partial charge in [0.15, 0.2) is 0 Å². The minimum absolute atomic E-state index is 0.0314. The van der Waals surface area contributed by atoms with Crippen molar-refractivity contribution in [1.82, 2.24) is 19.8 Å². The first kappa shape index (κ1) is 23.8. The molecule has 8 heteroatoms. The molecule has 0 radical (unpaired) electrons. The Morgan fingerprint density at radius 3 is 2.28 bits per heavy atom. The molecule has 0 bridgehead atoms. The smallest absolute Gasteiger partial charge is 0.273 e. The molecule has 0 spiro atoms. The number of piperazine rings is 1. The second kappa shape index (κ2) is 10.4. The maximum Gasteiger partial charge on any atom is 0.273 e. The highest BCUT2D eigenvalue weighted by Crippen LogP contribution is 2.28. The van der Waals surface area contributed by atoms with Crippen LogP contribution in [-0.4, -0.2) is 56.8 Å². The molecule has 3 heterocycles. The SMILES string of the molecule is CC1CN(C(=O)c2ccc(NSc3cccc4cccnc34)cc2)CC(C)N1C(=O)c1ccccn1. The largest absolute Gasteiger partial charge is 0.335 e. The summed E-state index contributed by atoms with van der Waals surface area (Å²) in [6.07, 6.45) is 3.42. The molecule has 2 aromatic carbocycles. The van der Waals surface area contributed by atoms with Gasteiger partial charge in [-0.3, -0.25) is 19.6 Å². The Morgan fingerprint density at radius 1 is 0.833 bits per heavy atom. The van der Waals surface area contributed by atoms with Crippen LogP contribution in [0.2, 0.25) is 0 Å². The second-order valence-electron chi connectivity index (χ2n) is 8.95. The van der Waals surface area contributed by atoms with E-state index in [2.05, 4.69) is 14.7 Å².